The van der Waals surface area contributed by atoms with E-state index in [9.17, 15) is 0 Å². The molecule has 2 aromatic heterocycles. The highest BCUT2D eigenvalue weighted by Crippen LogP contribution is 2.63. The third-order valence-corrected chi connectivity index (χ3v) is 12.0. The molecule has 1 aliphatic heterocycles. The number of hydrogen-bond acceptors (Lipinski definition) is 4. The molecule has 0 amide bonds. The zero-order valence-electron chi connectivity index (χ0n) is 27.6. The third-order valence-electron chi connectivity index (χ3n) is 10.8. The molecule has 4 heteroatoms. The van der Waals surface area contributed by atoms with Crippen molar-refractivity contribution in [1.29, 1.82) is 0 Å². The fourth-order valence-corrected chi connectivity index (χ4v) is 9.99. The van der Waals surface area contributed by atoms with E-state index in [0.717, 1.165) is 62.9 Å². The summed E-state index contributed by atoms with van der Waals surface area (Å²) in [6.45, 7) is 0. The first-order valence-corrected chi connectivity index (χ1v) is 18.4. The molecule has 0 atom stereocenters. The molecule has 1 spiro atoms. The van der Waals surface area contributed by atoms with Gasteiger partial charge in [0.15, 0.2) is 5.82 Å². The second kappa shape index (κ2) is 11.0. The van der Waals surface area contributed by atoms with Crippen molar-refractivity contribution < 1.29 is 4.42 Å². The maximum atomic E-state index is 6.91. The van der Waals surface area contributed by atoms with Crippen LogP contribution in [0.4, 0.5) is 0 Å². The summed E-state index contributed by atoms with van der Waals surface area (Å²) >= 11 is 1.86. The maximum Gasteiger partial charge on any atom is 0.160 e. The quantitative estimate of drug-likeness (QED) is 0.188. The first-order chi connectivity index (χ1) is 25.3. The summed E-state index contributed by atoms with van der Waals surface area (Å²) in [5.74, 6) is 0.709. The highest BCUT2D eigenvalue weighted by Gasteiger charge is 2.50. The van der Waals surface area contributed by atoms with Gasteiger partial charge in [-0.05, 0) is 76.1 Å². The number of para-hydroxylation sites is 1. The summed E-state index contributed by atoms with van der Waals surface area (Å²) in [5, 5.41) is 2.25. The van der Waals surface area contributed by atoms with Gasteiger partial charge in [-0.25, -0.2) is 9.97 Å². The highest BCUT2D eigenvalue weighted by molar-refractivity contribution is 7.99. The van der Waals surface area contributed by atoms with E-state index in [-0.39, 0.29) is 0 Å². The molecule has 11 rings (SSSR count). The van der Waals surface area contributed by atoms with E-state index in [4.69, 9.17) is 14.4 Å². The number of furan rings is 1. The number of allylic oxidation sites excluding steroid dienone is 4. The lowest BCUT2D eigenvalue weighted by molar-refractivity contribution is 0.667. The van der Waals surface area contributed by atoms with Crippen molar-refractivity contribution in [2.45, 2.75) is 28.0 Å². The molecule has 240 valence electrons. The van der Waals surface area contributed by atoms with Crippen molar-refractivity contribution in [3.63, 3.8) is 0 Å². The summed E-state index contributed by atoms with van der Waals surface area (Å²) < 4.78 is 6.91. The molecule has 6 aromatic carbocycles. The van der Waals surface area contributed by atoms with Gasteiger partial charge in [0.05, 0.1) is 16.8 Å². The molecule has 3 heterocycles. The van der Waals surface area contributed by atoms with Gasteiger partial charge in [0.2, 0.25) is 0 Å². The van der Waals surface area contributed by atoms with Crippen molar-refractivity contribution in [2.24, 2.45) is 0 Å². The molecule has 2 aliphatic carbocycles. The van der Waals surface area contributed by atoms with E-state index < -0.39 is 5.41 Å². The Kier molecular flexibility index (Phi) is 6.23. The lowest BCUT2D eigenvalue weighted by Gasteiger charge is -2.39. The van der Waals surface area contributed by atoms with Gasteiger partial charge in [-0.3, -0.25) is 0 Å². The Morgan fingerprint density at radius 3 is 2.08 bits per heavy atom. The number of nitrogens with zero attached hydrogens (tertiary/aromatic N) is 2. The molecule has 3 aliphatic rings. The van der Waals surface area contributed by atoms with Crippen LogP contribution in [-0.4, -0.2) is 9.97 Å². The Balaban J connectivity index is 1.19. The van der Waals surface area contributed by atoms with E-state index in [1.807, 2.05) is 30.0 Å². The smallest absolute Gasteiger partial charge is 0.160 e. The van der Waals surface area contributed by atoms with Crippen LogP contribution >= 0.6 is 11.8 Å². The second-order valence-electron chi connectivity index (χ2n) is 13.5. The minimum atomic E-state index is -0.437. The van der Waals surface area contributed by atoms with E-state index in [1.165, 1.54) is 43.2 Å². The highest BCUT2D eigenvalue weighted by atomic mass is 32.2. The van der Waals surface area contributed by atoms with Gasteiger partial charge in [0.1, 0.15) is 11.2 Å². The lowest BCUT2D eigenvalue weighted by atomic mass is 9.67. The summed E-state index contributed by atoms with van der Waals surface area (Å²) in [7, 11) is 0. The Labute approximate surface area is 300 Å². The molecule has 0 N–H and O–H groups in total. The molecule has 3 nitrogen and oxygen atoms in total. The SMILES string of the molecule is C1=CC(c2cc(-c3cccc4c3oc3ccc5c(c34)Sc3ccccc3C53c4ccccc4-c4ccccc43)nc(-c3ccccc3)n2)=CCC1. The van der Waals surface area contributed by atoms with Crippen molar-refractivity contribution in [2.75, 3.05) is 0 Å². The predicted octanol–water partition coefficient (Wildman–Crippen LogP) is 12.3. The number of aromatic nitrogens is 2. The van der Waals surface area contributed by atoms with Crippen LogP contribution in [0.15, 0.2) is 172 Å². The molecule has 0 radical (unpaired) electrons. The average molecular weight is 671 g/mol. The molecule has 0 bridgehead atoms. The fourth-order valence-electron chi connectivity index (χ4n) is 8.65. The Bertz CT molecular complexity index is 2750. The summed E-state index contributed by atoms with van der Waals surface area (Å²) in [4.78, 5) is 12.8. The van der Waals surface area contributed by atoms with Crippen molar-refractivity contribution in [3.05, 3.63) is 186 Å². The normalized spacial score (nSPS) is 15.0. The third kappa shape index (κ3) is 4.08. The number of benzene rings is 6. The Hall–Kier alpha value is -5.97. The first-order valence-electron chi connectivity index (χ1n) is 17.6. The van der Waals surface area contributed by atoms with Crippen LogP contribution in [0.3, 0.4) is 0 Å². The van der Waals surface area contributed by atoms with E-state index in [2.05, 4.69) is 140 Å². The molecule has 0 unspecified atom stereocenters. The van der Waals surface area contributed by atoms with Crippen molar-refractivity contribution >= 4 is 39.3 Å². The van der Waals surface area contributed by atoms with Crippen LogP contribution in [0.5, 0.6) is 0 Å². The molecule has 51 heavy (non-hydrogen) atoms. The van der Waals surface area contributed by atoms with Crippen LogP contribution in [0, 0.1) is 0 Å². The van der Waals surface area contributed by atoms with Gasteiger partial charge >= 0.3 is 0 Å². The molecular weight excluding hydrogens is 641 g/mol. The summed E-state index contributed by atoms with van der Waals surface area (Å²) in [6.07, 6.45) is 8.75. The zero-order chi connectivity index (χ0) is 33.5. The van der Waals surface area contributed by atoms with Gasteiger partial charge in [0, 0.05) is 31.7 Å². The lowest BCUT2D eigenvalue weighted by Crippen LogP contribution is -2.31. The minimum absolute atomic E-state index is 0.437. The molecule has 8 aromatic rings. The first kappa shape index (κ1) is 28.8. The number of fused-ring (bicyclic) bond motifs is 13. The summed E-state index contributed by atoms with van der Waals surface area (Å²) in [5.41, 5.74) is 14.1. The predicted molar refractivity (Wildman–Crippen MR) is 208 cm³/mol. The van der Waals surface area contributed by atoms with Gasteiger partial charge in [0.25, 0.3) is 0 Å². The van der Waals surface area contributed by atoms with Crippen molar-refractivity contribution in [1.82, 2.24) is 9.97 Å². The molecule has 0 saturated carbocycles. The molecule has 0 saturated heterocycles. The largest absolute Gasteiger partial charge is 0.455 e. The van der Waals surface area contributed by atoms with Crippen molar-refractivity contribution in [3.8, 4) is 33.8 Å². The fraction of sp³-hybridized carbons (Fsp3) is 0.0638. The maximum absolute atomic E-state index is 6.91. The van der Waals surface area contributed by atoms with Crippen LogP contribution in [-0.2, 0) is 5.41 Å². The average Bonchev–Trinajstić information content (AvgIpc) is 3.73. The monoisotopic (exact) mass is 670 g/mol. The number of rotatable bonds is 3. The van der Waals surface area contributed by atoms with Gasteiger partial charge in [-0.2, -0.15) is 0 Å². The van der Waals surface area contributed by atoms with E-state index in [1.54, 1.807) is 0 Å². The molecular formula is C47H30N2OS. The van der Waals surface area contributed by atoms with Crippen LogP contribution in [0.2, 0.25) is 0 Å². The van der Waals surface area contributed by atoms with Gasteiger partial charge in [-0.15, -0.1) is 0 Å². The van der Waals surface area contributed by atoms with Gasteiger partial charge in [-0.1, -0.05) is 145 Å². The minimum Gasteiger partial charge on any atom is -0.455 e. The Morgan fingerprint density at radius 2 is 1.29 bits per heavy atom. The van der Waals surface area contributed by atoms with Crippen LogP contribution in [0.25, 0.3) is 61.3 Å². The second-order valence-corrected chi connectivity index (χ2v) is 14.6. The molecule has 0 fully saturated rings. The zero-order valence-corrected chi connectivity index (χ0v) is 28.5. The van der Waals surface area contributed by atoms with Crippen LogP contribution in [0.1, 0.15) is 40.8 Å². The topological polar surface area (TPSA) is 38.9 Å². The van der Waals surface area contributed by atoms with Gasteiger partial charge < -0.3 is 4.42 Å². The van der Waals surface area contributed by atoms with E-state index in [0.29, 0.717) is 5.82 Å². The number of hydrogen-bond donors (Lipinski definition) is 0. The van der Waals surface area contributed by atoms with E-state index >= 15 is 0 Å². The Morgan fingerprint density at radius 1 is 0.588 bits per heavy atom. The summed E-state index contributed by atoms with van der Waals surface area (Å²) in [6, 6.07) is 50.3. The standard InChI is InChI=1S/C47H30N2OS/c1-3-14-29(15-4-1)39-28-40(49-46(48-39)30-16-5-2-6-17-30)33-20-13-21-34-43-41(50-44(33)34)27-26-38-45(43)51-42-25-12-11-24-37(42)47(38)35-22-9-7-18-31(35)32-19-8-10-23-36(32)47/h2-3,5-28H,1,4H2. The van der Waals surface area contributed by atoms with Crippen LogP contribution < -0.4 is 0 Å².